The van der Waals surface area contributed by atoms with Crippen LogP contribution in [0.2, 0.25) is 0 Å². The van der Waals surface area contributed by atoms with E-state index in [2.05, 4.69) is 0 Å². The van der Waals surface area contributed by atoms with Gasteiger partial charge in [0.2, 0.25) is 0 Å². The van der Waals surface area contributed by atoms with Crippen LogP contribution in [0, 0.1) is 5.41 Å². The molecule has 0 aliphatic heterocycles. The van der Waals surface area contributed by atoms with Gasteiger partial charge in [0, 0.05) is 31.8 Å². The van der Waals surface area contributed by atoms with Gasteiger partial charge in [0.05, 0.1) is 6.10 Å². The van der Waals surface area contributed by atoms with Crippen molar-refractivity contribution in [2.24, 2.45) is 11.1 Å². The third-order valence-electron chi connectivity index (χ3n) is 4.69. The third-order valence-corrected chi connectivity index (χ3v) is 4.69. The summed E-state index contributed by atoms with van der Waals surface area (Å²) in [4.78, 5) is 0. The summed E-state index contributed by atoms with van der Waals surface area (Å²) in [5.74, 6) is 0. The first-order valence-electron chi connectivity index (χ1n) is 7.16. The maximum absolute atomic E-state index is 6.27. The Kier molecular flexibility index (Phi) is 4.83. The second-order valence-corrected chi connectivity index (χ2v) is 5.70. The Balaban J connectivity index is 1.81. The standard InChI is InChI=1S/C14H27NO2/c1-16-9-6-10-17-13-11-12(15)14(13)7-4-2-3-5-8-14/h12-13H,2-11,15H2,1H3. The Bertz CT molecular complexity index is 224. The predicted molar refractivity (Wildman–Crippen MR) is 69.0 cm³/mol. The Morgan fingerprint density at radius 1 is 1.12 bits per heavy atom. The molecule has 2 fully saturated rings. The van der Waals surface area contributed by atoms with E-state index in [-0.39, 0.29) is 0 Å². The summed E-state index contributed by atoms with van der Waals surface area (Å²) in [6.45, 7) is 1.62. The molecule has 17 heavy (non-hydrogen) atoms. The number of methoxy groups -OCH3 is 1. The number of hydrogen-bond donors (Lipinski definition) is 1. The van der Waals surface area contributed by atoms with Crippen molar-refractivity contribution in [1.29, 1.82) is 0 Å². The topological polar surface area (TPSA) is 44.5 Å². The molecule has 2 saturated carbocycles. The molecule has 0 saturated heterocycles. The highest BCUT2D eigenvalue weighted by Crippen LogP contribution is 2.51. The minimum absolute atomic E-state index is 0.323. The average molecular weight is 241 g/mol. The number of nitrogens with two attached hydrogens (primary N) is 1. The zero-order valence-electron chi connectivity index (χ0n) is 11.1. The molecule has 1 spiro atoms. The van der Waals surface area contributed by atoms with E-state index >= 15 is 0 Å². The van der Waals surface area contributed by atoms with Crippen molar-refractivity contribution >= 4 is 0 Å². The van der Waals surface area contributed by atoms with Gasteiger partial charge in [-0.2, -0.15) is 0 Å². The lowest BCUT2D eigenvalue weighted by atomic mass is 9.58. The molecule has 0 heterocycles. The summed E-state index contributed by atoms with van der Waals surface area (Å²) in [5.41, 5.74) is 6.60. The molecule has 0 amide bonds. The summed E-state index contributed by atoms with van der Waals surface area (Å²) in [7, 11) is 1.74. The van der Waals surface area contributed by atoms with Crippen LogP contribution in [0.15, 0.2) is 0 Å². The summed E-state index contributed by atoms with van der Waals surface area (Å²) in [6, 6.07) is 0.382. The molecular weight excluding hydrogens is 214 g/mol. The van der Waals surface area contributed by atoms with Gasteiger partial charge in [-0.25, -0.2) is 0 Å². The molecule has 2 rings (SSSR count). The van der Waals surface area contributed by atoms with Crippen molar-refractivity contribution < 1.29 is 9.47 Å². The van der Waals surface area contributed by atoms with Gasteiger partial charge in [0.25, 0.3) is 0 Å². The van der Waals surface area contributed by atoms with E-state index in [4.69, 9.17) is 15.2 Å². The molecule has 2 unspecified atom stereocenters. The summed E-state index contributed by atoms with van der Waals surface area (Å²) >= 11 is 0. The first kappa shape index (κ1) is 13.3. The fraction of sp³-hybridized carbons (Fsp3) is 1.00. The molecule has 2 atom stereocenters. The van der Waals surface area contributed by atoms with Crippen LogP contribution in [-0.4, -0.2) is 32.5 Å². The van der Waals surface area contributed by atoms with E-state index in [0.29, 0.717) is 17.6 Å². The largest absolute Gasteiger partial charge is 0.385 e. The molecule has 2 aliphatic rings. The van der Waals surface area contributed by atoms with Crippen LogP contribution < -0.4 is 5.73 Å². The van der Waals surface area contributed by atoms with E-state index in [0.717, 1.165) is 26.1 Å². The molecule has 0 radical (unpaired) electrons. The Morgan fingerprint density at radius 3 is 2.41 bits per heavy atom. The van der Waals surface area contributed by atoms with Gasteiger partial charge in [0.15, 0.2) is 0 Å². The fourth-order valence-corrected chi connectivity index (χ4v) is 3.52. The lowest BCUT2D eigenvalue weighted by Crippen LogP contribution is -2.62. The number of rotatable bonds is 5. The van der Waals surface area contributed by atoms with E-state index in [9.17, 15) is 0 Å². The molecule has 2 N–H and O–H groups in total. The van der Waals surface area contributed by atoms with E-state index < -0.39 is 0 Å². The Morgan fingerprint density at radius 2 is 1.82 bits per heavy atom. The second-order valence-electron chi connectivity index (χ2n) is 5.70. The van der Waals surface area contributed by atoms with Gasteiger partial charge in [-0.15, -0.1) is 0 Å². The SMILES string of the molecule is COCCCOC1CC(N)C12CCCCCC2. The zero-order chi connectivity index (χ0) is 12.1. The lowest BCUT2D eigenvalue weighted by Gasteiger charge is -2.54. The quantitative estimate of drug-likeness (QED) is 0.752. The first-order valence-corrected chi connectivity index (χ1v) is 7.16. The molecule has 2 aliphatic carbocycles. The van der Waals surface area contributed by atoms with E-state index in [1.807, 2.05) is 0 Å². The van der Waals surface area contributed by atoms with Crippen molar-refractivity contribution in [3.63, 3.8) is 0 Å². The highest BCUT2D eigenvalue weighted by Gasteiger charge is 2.53. The normalized spacial score (nSPS) is 32.1. The minimum atomic E-state index is 0.323. The highest BCUT2D eigenvalue weighted by atomic mass is 16.5. The smallest absolute Gasteiger partial charge is 0.0661 e. The number of ether oxygens (including phenoxy) is 2. The van der Waals surface area contributed by atoms with Crippen LogP contribution in [0.5, 0.6) is 0 Å². The van der Waals surface area contributed by atoms with E-state index in [1.165, 1.54) is 38.5 Å². The van der Waals surface area contributed by atoms with Gasteiger partial charge < -0.3 is 15.2 Å². The van der Waals surface area contributed by atoms with Crippen LogP contribution in [-0.2, 0) is 9.47 Å². The summed E-state index contributed by atoms with van der Waals surface area (Å²) < 4.78 is 11.1. The van der Waals surface area contributed by atoms with Crippen molar-refractivity contribution in [1.82, 2.24) is 0 Å². The molecule has 3 heteroatoms. The van der Waals surface area contributed by atoms with Gasteiger partial charge in [-0.1, -0.05) is 25.7 Å². The predicted octanol–water partition coefficient (Wildman–Crippen LogP) is 2.48. The van der Waals surface area contributed by atoms with Crippen LogP contribution in [0.4, 0.5) is 0 Å². The third kappa shape index (κ3) is 2.83. The maximum atomic E-state index is 6.27. The molecule has 0 aromatic carbocycles. The second kappa shape index (κ2) is 6.17. The Labute approximate surface area is 105 Å². The minimum Gasteiger partial charge on any atom is -0.385 e. The lowest BCUT2D eigenvalue weighted by molar-refractivity contribution is -0.136. The molecule has 0 aromatic rings. The highest BCUT2D eigenvalue weighted by molar-refractivity contribution is 5.06. The van der Waals surface area contributed by atoms with Crippen LogP contribution >= 0.6 is 0 Å². The maximum Gasteiger partial charge on any atom is 0.0661 e. The van der Waals surface area contributed by atoms with E-state index in [1.54, 1.807) is 7.11 Å². The molecule has 0 bridgehead atoms. The van der Waals surface area contributed by atoms with Crippen molar-refractivity contribution in [3.8, 4) is 0 Å². The molecular formula is C14H27NO2. The first-order chi connectivity index (χ1) is 8.29. The Hall–Kier alpha value is -0.120. The molecule has 0 aromatic heterocycles. The van der Waals surface area contributed by atoms with Crippen molar-refractivity contribution in [3.05, 3.63) is 0 Å². The van der Waals surface area contributed by atoms with Gasteiger partial charge in [-0.3, -0.25) is 0 Å². The molecule has 100 valence electrons. The average Bonchev–Trinajstić information content (AvgIpc) is 2.60. The van der Waals surface area contributed by atoms with Crippen LogP contribution in [0.25, 0.3) is 0 Å². The summed E-state index contributed by atoms with van der Waals surface area (Å²) in [6.07, 6.45) is 10.5. The number of hydrogen-bond acceptors (Lipinski definition) is 3. The van der Waals surface area contributed by atoms with Crippen molar-refractivity contribution in [2.45, 2.75) is 63.5 Å². The van der Waals surface area contributed by atoms with Crippen LogP contribution in [0.3, 0.4) is 0 Å². The fourth-order valence-electron chi connectivity index (χ4n) is 3.52. The monoisotopic (exact) mass is 241 g/mol. The van der Waals surface area contributed by atoms with Crippen molar-refractivity contribution in [2.75, 3.05) is 20.3 Å². The van der Waals surface area contributed by atoms with Crippen LogP contribution in [0.1, 0.15) is 51.4 Å². The summed E-state index contributed by atoms with van der Waals surface area (Å²) in [5, 5.41) is 0. The zero-order valence-corrected chi connectivity index (χ0v) is 11.1. The van der Waals surface area contributed by atoms with Gasteiger partial charge in [-0.05, 0) is 25.7 Å². The molecule has 3 nitrogen and oxygen atoms in total. The van der Waals surface area contributed by atoms with Gasteiger partial charge in [0.1, 0.15) is 0 Å². The van der Waals surface area contributed by atoms with Gasteiger partial charge >= 0.3 is 0 Å².